The van der Waals surface area contributed by atoms with Gasteiger partial charge in [0.2, 0.25) is 0 Å². The van der Waals surface area contributed by atoms with Crippen LogP contribution in [0.25, 0.3) is 5.52 Å². The molecule has 1 unspecified atom stereocenters. The maximum absolute atomic E-state index is 5.38. The third-order valence-electron chi connectivity index (χ3n) is 2.50. The van der Waals surface area contributed by atoms with E-state index in [9.17, 15) is 0 Å². The molecule has 0 aliphatic rings. The van der Waals surface area contributed by atoms with E-state index in [1.165, 1.54) is 0 Å². The summed E-state index contributed by atoms with van der Waals surface area (Å²) in [7, 11) is 0. The number of aromatic nitrogens is 3. The quantitative estimate of drug-likeness (QED) is 0.782. The van der Waals surface area contributed by atoms with Gasteiger partial charge in [0.25, 0.3) is 0 Å². The molecule has 0 saturated heterocycles. The van der Waals surface area contributed by atoms with Gasteiger partial charge in [0.15, 0.2) is 0 Å². The molecule has 0 aliphatic carbocycles. The maximum atomic E-state index is 5.38. The Kier molecular flexibility index (Phi) is 3.18. The van der Waals surface area contributed by atoms with Crippen LogP contribution in [0.4, 0.5) is 0 Å². The van der Waals surface area contributed by atoms with Crippen molar-refractivity contribution in [3.05, 3.63) is 30.4 Å². The van der Waals surface area contributed by atoms with Crippen LogP contribution in [0.15, 0.2) is 24.8 Å². The second-order valence-electron chi connectivity index (χ2n) is 3.52. The van der Waals surface area contributed by atoms with E-state index >= 15 is 0 Å². The molecular weight excluding hydrogens is 200 g/mol. The summed E-state index contributed by atoms with van der Waals surface area (Å²) in [5, 5.41) is 7.63. The molecule has 4 heteroatoms. The lowest BCUT2D eigenvalue weighted by atomic mass is 10.1. The molecule has 2 heterocycles. The number of hydrogen-bond acceptors (Lipinski definition) is 3. The zero-order valence-corrected chi connectivity index (χ0v) is 9.22. The van der Waals surface area contributed by atoms with Crippen LogP contribution in [0.3, 0.4) is 0 Å². The highest BCUT2D eigenvalue weighted by Gasteiger charge is 2.14. The minimum Gasteiger partial charge on any atom is -0.309 e. The SMILES string of the molecule is C#CCC(NCC)c1cnn2ccncc12. The fraction of sp³-hybridized carbons (Fsp3) is 0.333. The third-order valence-corrected chi connectivity index (χ3v) is 2.50. The van der Waals surface area contributed by atoms with Crippen molar-refractivity contribution in [1.29, 1.82) is 0 Å². The highest BCUT2D eigenvalue weighted by Crippen LogP contribution is 2.20. The molecule has 0 radical (unpaired) electrons. The number of fused-ring (bicyclic) bond motifs is 1. The normalized spacial score (nSPS) is 12.5. The topological polar surface area (TPSA) is 42.2 Å². The fourth-order valence-electron chi connectivity index (χ4n) is 1.78. The molecular formula is C12H14N4. The molecule has 0 saturated carbocycles. The summed E-state index contributed by atoms with van der Waals surface area (Å²) in [6, 6.07) is 0.150. The van der Waals surface area contributed by atoms with Crippen molar-refractivity contribution in [2.75, 3.05) is 6.54 Å². The second kappa shape index (κ2) is 4.77. The van der Waals surface area contributed by atoms with Gasteiger partial charge >= 0.3 is 0 Å². The van der Waals surface area contributed by atoms with Crippen molar-refractivity contribution in [3.8, 4) is 12.3 Å². The first-order valence-corrected chi connectivity index (χ1v) is 5.31. The highest BCUT2D eigenvalue weighted by molar-refractivity contribution is 5.53. The zero-order valence-electron chi connectivity index (χ0n) is 9.22. The van der Waals surface area contributed by atoms with E-state index in [1.54, 1.807) is 6.20 Å². The summed E-state index contributed by atoms with van der Waals surface area (Å²) in [6.07, 6.45) is 13.2. The Morgan fingerprint density at radius 1 is 1.56 bits per heavy atom. The molecule has 0 bridgehead atoms. The van der Waals surface area contributed by atoms with Crippen LogP contribution in [0.2, 0.25) is 0 Å². The first-order chi connectivity index (χ1) is 7.86. The summed E-state index contributed by atoms with van der Waals surface area (Å²) in [6.45, 7) is 2.94. The molecule has 16 heavy (non-hydrogen) atoms. The molecule has 0 aliphatic heterocycles. The van der Waals surface area contributed by atoms with E-state index in [-0.39, 0.29) is 6.04 Å². The summed E-state index contributed by atoms with van der Waals surface area (Å²) in [5.74, 6) is 2.69. The lowest BCUT2D eigenvalue weighted by molar-refractivity contribution is 0.568. The van der Waals surface area contributed by atoms with Gasteiger partial charge in [-0.2, -0.15) is 5.10 Å². The standard InChI is InChI=1S/C12H14N4/c1-3-5-11(14-4-2)10-8-15-16-7-6-13-9-12(10)16/h1,6-9,11,14H,4-5H2,2H3. The molecule has 82 valence electrons. The number of rotatable bonds is 4. The molecule has 0 amide bonds. The van der Waals surface area contributed by atoms with Crippen molar-refractivity contribution >= 4 is 5.52 Å². The summed E-state index contributed by atoms with van der Waals surface area (Å²) >= 11 is 0. The zero-order chi connectivity index (χ0) is 11.4. The Morgan fingerprint density at radius 3 is 3.19 bits per heavy atom. The van der Waals surface area contributed by atoms with Crippen LogP contribution in [-0.4, -0.2) is 21.1 Å². The first kappa shape index (κ1) is 10.7. The van der Waals surface area contributed by atoms with Gasteiger partial charge in [-0.15, -0.1) is 12.3 Å². The van der Waals surface area contributed by atoms with E-state index in [1.807, 2.05) is 23.1 Å². The Bertz CT molecular complexity index is 509. The van der Waals surface area contributed by atoms with Gasteiger partial charge in [-0.05, 0) is 6.54 Å². The van der Waals surface area contributed by atoms with E-state index in [2.05, 4.69) is 28.2 Å². The van der Waals surface area contributed by atoms with Crippen molar-refractivity contribution in [2.24, 2.45) is 0 Å². The number of terminal acetylenes is 1. The number of hydrogen-bond donors (Lipinski definition) is 1. The van der Waals surface area contributed by atoms with E-state index in [0.29, 0.717) is 6.42 Å². The van der Waals surface area contributed by atoms with Crippen LogP contribution in [-0.2, 0) is 0 Å². The van der Waals surface area contributed by atoms with Crippen molar-refractivity contribution < 1.29 is 0 Å². The largest absolute Gasteiger partial charge is 0.309 e. The maximum Gasteiger partial charge on any atom is 0.0893 e. The number of nitrogens with one attached hydrogen (secondary N) is 1. The van der Waals surface area contributed by atoms with E-state index in [4.69, 9.17) is 6.42 Å². The molecule has 4 nitrogen and oxygen atoms in total. The minimum absolute atomic E-state index is 0.150. The van der Waals surface area contributed by atoms with Gasteiger partial charge in [0, 0.05) is 30.4 Å². The van der Waals surface area contributed by atoms with Crippen molar-refractivity contribution in [2.45, 2.75) is 19.4 Å². The van der Waals surface area contributed by atoms with Crippen LogP contribution >= 0.6 is 0 Å². The van der Waals surface area contributed by atoms with Crippen molar-refractivity contribution in [1.82, 2.24) is 19.9 Å². The predicted molar refractivity (Wildman–Crippen MR) is 62.9 cm³/mol. The smallest absolute Gasteiger partial charge is 0.0893 e. The molecule has 2 rings (SSSR count). The van der Waals surface area contributed by atoms with Gasteiger partial charge in [0.1, 0.15) is 0 Å². The van der Waals surface area contributed by atoms with Crippen LogP contribution < -0.4 is 5.32 Å². The lowest BCUT2D eigenvalue weighted by Gasteiger charge is -2.13. The average molecular weight is 214 g/mol. The van der Waals surface area contributed by atoms with Crippen molar-refractivity contribution in [3.63, 3.8) is 0 Å². The second-order valence-corrected chi connectivity index (χ2v) is 3.52. The molecule has 0 spiro atoms. The lowest BCUT2D eigenvalue weighted by Crippen LogP contribution is -2.20. The molecule has 1 atom stereocenters. The highest BCUT2D eigenvalue weighted by atomic mass is 15.2. The van der Waals surface area contributed by atoms with Crippen LogP contribution in [0, 0.1) is 12.3 Å². The predicted octanol–water partition coefficient (Wildman–Crippen LogP) is 1.40. The van der Waals surface area contributed by atoms with Gasteiger partial charge in [0.05, 0.1) is 17.9 Å². The Morgan fingerprint density at radius 2 is 2.44 bits per heavy atom. The van der Waals surface area contributed by atoms with E-state index < -0.39 is 0 Å². The molecule has 0 aromatic carbocycles. The number of nitrogens with zero attached hydrogens (tertiary/aromatic N) is 3. The third kappa shape index (κ3) is 1.90. The minimum atomic E-state index is 0.150. The van der Waals surface area contributed by atoms with Crippen LogP contribution in [0.5, 0.6) is 0 Å². The first-order valence-electron chi connectivity index (χ1n) is 5.31. The Hall–Kier alpha value is -1.86. The summed E-state index contributed by atoms with van der Waals surface area (Å²) in [5.41, 5.74) is 2.11. The van der Waals surface area contributed by atoms with Gasteiger partial charge in [-0.25, -0.2) is 4.52 Å². The fourth-order valence-corrected chi connectivity index (χ4v) is 1.78. The molecule has 2 aromatic heterocycles. The summed E-state index contributed by atoms with van der Waals surface area (Å²) in [4.78, 5) is 4.11. The Labute approximate surface area is 94.7 Å². The monoisotopic (exact) mass is 214 g/mol. The van der Waals surface area contributed by atoms with Gasteiger partial charge < -0.3 is 5.32 Å². The summed E-state index contributed by atoms with van der Waals surface area (Å²) < 4.78 is 1.81. The molecule has 2 aromatic rings. The average Bonchev–Trinajstić information content (AvgIpc) is 2.72. The van der Waals surface area contributed by atoms with Crippen LogP contribution in [0.1, 0.15) is 24.9 Å². The molecule has 1 N–H and O–H groups in total. The Balaban J connectivity index is 2.40. The molecule has 0 fully saturated rings. The van der Waals surface area contributed by atoms with E-state index in [0.717, 1.165) is 17.6 Å². The van der Waals surface area contributed by atoms with Gasteiger partial charge in [-0.3, -0.25) is 4.98 Å². The van der Waals surface area contributed by atoms with Gasteiger partial charge in [-0.1, -0.05) is 6.92 Å².